The summed E-state index contributed by atoms with van der Waals surface area (Å²) < 4.78 is 5.39. The number of ether oxygens (including phenoxy) is 1. The van der Waals surface area contributed by atoms with Crippen LogP contribution in [0.3, 0.4) is 0 Å². The lowest BCUT2D eigenvalue weighted by Crippen LogP contribution is -2.43. The minimum atomic E-state index is -0.432. The maximum Gasteiger partial charge on any atom is 0.252 e. The lowest BCUT2D eigenvalue weighted by Gasteiger charge is -2.30. The maximum absolute atomic E-state index is 12.8. The smallest absolute Gasteiger partial charge is 0.252 e. The predicted molar refractivity (Wildman–Crippen MR) is 100 cm³/mol. The van der Waals surface area contributed by atoms with Crippen molar-refractivity contribution in [1.82, 2.24) is 4.90 Å². The minimum absolute atomic E-state index is 0.0238. The maximum atomic E-state index is 12.8. The van der Waals surface area contributed by atoms with Gasteiger partial charge in [-0.3, -0.25) is 14.5 Å². The highest BCUT2D eigenvalue weighted by Crippen LogP contribution is 2.29. The van der Waals surface area contributed by atoms with Gasteiger partial charge in [0.25, 0.3) is 5.91 Å². The Kier molecular flexibility index (Phi) is 5.11. The molecule has 1 aliphatic carbocycles. The van der Waals surface area contributed by atoms with Gasteiger partial charge in [0.1, 0.15) is 6.04 Å². The quantitative estimate of drug-likeness (QED) is 0.839. The van der Waals surface area contributed by atoms with E-state index in [4.69, 9.17) is 4.74 Å². The van der Waals surface area contributed by atoms with Gasteiger partial charge in [-0.05, 0) is 37.1 Å². The van der Waals surface area contributed by atoms with Crippen molar-refractivity contribution in [2.24, 2.45) is 0 Å². The number of nitrogens with one attached hydrogen (secondary N) is 1. The molecule has 2 amide bonds. The molecule has 4 rings (SSSR count). The summed E-state index contributed by atoms with van der Waals surface area (Å²) in [5, 5.41) is 3.27. The van der Waals surface area contributed by atoms with Gasteiger partial charge in [0, 0.05) is 30.5 Å². The molecule has 0 spiro atoms. The number of carbonyl (C=O) groups is 2. The average Bonchev–Trinajstić information content (AvgIpc) is 2.97. The van der Waals surface area contributed by atoms with E-state index in [1.54, 1.807) is 4.90 Å². The third kappa shape index (κ3) is 3.56. The highest BCUT2D eigenvalue weighted by atomic mass is 16.5. The zero-order valence-corrected chi connectivity index (χ0v) is 15.2. The lowest BCUT2D eigenvalue weighted by atomic mass is 9.94. The molecule has 0 unspecified atom stereocenters. The average molecular weight is 357 g/mol. The Labute approximate surface area is 154 Å². The van der Waals surface area contributed by atoms with E-state index < -0.39 is 6.04 Å². The van der Waals surface area contributed by atoms with Crippen LogP contribution in [0.4, 0.5) is 11.4 Å². The fourth-order valence-electron chi connectivity index (χ4n) is 4.28. The van der Waals surface area contributed by atoms with E-state index >= 15 is 0 Å². The van der Waals surface area contributed by atoms with Crippen molar-refractivity contribution in [2.75, 3.05) is 36.5 Å². The number of imide groups is 1. The van der Waals surface area contributed by atoms with E-state index in [-0.39, 0.29) is 24.3 Å². The first kappa shape index (κ1) is 17.3. The van der Waals surface area contributed by atoms with Crippen molar-refractivity contribution in [1.29, 1.82) is 0 Å². The van der Waals surface area contributed by atoms with E-state index in [0.29, 0.717) is 0 Å². The molecule has 6 heteroatoms. The molecule has 0 aromatic heterocycles. The van der Waals surface area contributed by atoms with Gasteiger partial charge in [0.15, 0.2) is 0 Å². The molecule has 1 atom stereocenters. The van der Waals surface area contributed by atoms with Crippen molar-refractivity contribution >= 4 is 23.2 Å². The fraction of sp³-hybridized carbons (Fsp3) is 0.600. The molecular weight excluding hydrogens is 330 g/mol. The molecule has 0 radical (unpaired) electrons. The Hall–Kier alpha value is -2.08. The van der Waals surface area contributed by atoms with Crippen molar-refractivity contribution in [2.45, 2.75) is 50.6 Å². The largest absolute Gasteiger partial charge is 0.378 e. The molecule has 140 valence electrons. The molecule has 3 aliphatic rings. The van der Waals surface area contributed by atoms with Gasteiger partial charge in [0.2, 0.25) is 5.91 Å². The number of nitrogens with zero attached hydrogens (tertiary/aromatic N) is 2. The number of hydrogen-bond donors (Lipinski definition) is 1. The monoisotopic (exact) mass is 357 g/mol. The molecule has 1 saturated carbocycles. The third-order valence-corrected chi connectivity index (χ3v) is 5.71. The summed E-state index contributed by atoms with van der Waals surface area (Å²) in [6, 6.07) is 7.79. The summed E-state index contributed by atoms with van der Waals surface area (Å²) in [6.07, 6.45) is 5.62. The van der Waals surface area contributed by atoms with Crippen LogP contribution in [-0.2, 0) is 14.3 Å². The number of carbonyl (C=O) groups excluding carboxylic acids is 2. The topological polar surface area (TPSA) is 61.9 Å². The lowest BCUT2D eigenvalue weighted by molar-refractivity contribution is -0.141. The van der Waals surface area contributed by atoms with Gasteiger partial charge in [-0.1, -0.05) is 19.3 Å². The molecule has 0 bridgehead atoms. The van der Waals surface area contributed by atoms with Crippen LogP contribution < -0.4 is 10.2 Å². The first-order valence-corrected chi connectivity index (χ1v) is 9.77. The van der Waals surface area contributed by atoms with E-state index in [2.05, 4.69) is 22.3 Å². The SMILES string of the molecule is O=C1C[C@@H](Nc2ccc(N3CCOCC3)cc2)C(=O)N1C1CCCCC1. The van der Waals surface area contributed by atoms with E-state index in [9.17, 15) is 9.59 Å². The van der Waals surface area contributed by atoms with Crippen molar-refractivity contribution < 1.29 is 14.3 Å². The van der Waals surface area contributed by atoms with Crippen LogP contribution in [0.1, 0.15) is 38.5 Å². The number of morpholine rings is 1. The standard InChI is InChI=1S/C20H27N3O3/c24-19-14-18(20(25)23(19)17-4-2-1-3-5-17)21-15-6-8-16(9-7-15)22-10-12-26-13-11-22/h6-9,17-18,21H,1-5,10-14H2/t18-/m1/s1. The summed E-state index contributed by atoms with van der Waals surface area (Å²) in [4.78, 5) is 29.0. The molecular formula is C20H27N3O3. The molecule has 6 nitrogen and oxygen atoms in total. The van der Waals surface area contributed by atoms with Gasteiger partial charge in [-0.25, -0.2) is 0 Å². The zero-order valence-electron chi connectivity index (χ0n) is 15.2. The summed E-state index contributed by atoms with van der Waals surface area (Å²) in [7, 11) is 0. The van der Waals surface area contributed by atoms with Crippen LogP contribution in [0.2, 0.25) is 0 Å². The number of likely N-dealkylation sites (tertiary alicyclic amines) is 1. The number of benzene rings is 1. The molecule has 2 heterocycles. The first-order valence-electron chi connectivity index (χ1n) is 9.77. The van der Waals surface area contributed by atoms with Crippen LogP contribution in [0.15, 0.2) is 24.3 Å². The number of rotatable bonds is 4. The molecule has 2 aliphatic heterocycles. The predicted octanol–water partition coefficient (Wildman–Crippen LogP) is 2.40. The van der Waals surface area contributed by atoms with E-state index in [1.165, 1.54) is 6.42 Å². The second-order valence-electron chi connectivity index (χ2n) is 7.44. The molecule has 1 aromatic rings. The van der Waals surface area contributed by atoms with Gasteiger partial charge < -0.3 is 15.0 Å². The molecule has 2 saturated heterocycles. The Bertz CT molecular complexity index is 649. The van der Waals surface area contributed by atoms with Gasteiger partial charge >= 0.3 is 0 Å². The number of amides is 2. The molecule has 1 N–H and O–H groups in total. The minimum Gasteiger partial charge on any atom is -0.378 e. The Morgan fingerprint density at radius 1 is 0.962 bits per heavy atom. The first-order chi connectivity index (χ1) is 12.7. The van der Waals surface area contributed by atoms with E-state index in [1.807, 2.05) is 12.1 Å². The summed E-state index contributed by atoms with van der Waals surface area (Å²) in [6.45, 7) is 3.32. The summed E-state index contributed by atoms with van der Waals surface area (Å²) in [5.74, 6) is -0.0801. The third-order valence-electron chi connectivity index (χ3n) is 5.71. The Balaban J connectivity index is 1.39. The molecule has 3 fully saturated rings. The van der Waals surface area contributed by atoms with E-state index in [0.717, 1.165) is 63.4 Å². The fourth-order valence-corrected chi connectivity index (χ4v) is 4.28. The van der Waals surface area contributed by atoms with Crippen molar-refractivity contribution in [3.05, 3.63) is 24.3 Å². The van der Waals surface area contributed by atoms with Gasteiger partial charge in [-0.15, -0.1) is 0 Å². The van der Waals surface area contributed by atoms with Crippen LogP contribution >= 0.6 is 0 Å². The van der Waals surface area contributed by atoms with Crippen molar-refractivity contribution in [3.63, 3.8) is 0 Å². The van der Waals surface area contributed by atoms with Gasteiger partial charge in [-0.2, -0.15) is 0 Å². The number of anilines is 2. The Morgan fingerprint density at radius 3 is 2.35 bits per heavy atom. The number of hydrogen-bond acceptors (Lipinski definition) is 5. The second kappa shape index (κ2) is 7.66. The van der Waals surface area contributed by atoms with Crippen LogP contribution in [0.5, 0.6) is 0 Å². The molecule has 1 aromatic carbocycles. The normalized spacial score (nSPS) is 25.0. The zero-order chi connectivity index (χ0) is 17.9. The van der Waals surface area contributed by atoms with Crippen LogP contribution in [0.25, 0.3) is 0 Å². The summed E-state index contributed by atoms with van der Waals surface area (Å²) in [5.41, 5.74) is 2.05. The van der Waals surface area contributed by atoms with Gasteiger partial charge in [0.05, 0.1) is 19.6 Å². The van der Waals surface area contributed by atoms with Crippen molar-refractivity contribution in [3.8, 4) is 0 Å². The Morgan fingerprint density at radius 2 is 1.65 bits per heavy atom. The molecule has 26 heavy (non-hydrogen) atoms. The van der Waals surface area contributed by atoms with Crippen LogP contribution in [-0.4, -0.2) is 55.1 Å². The second-order valence-corrected chi connectivity index (χ2v) is 7.44. The highest BCUT2D eigenvalue weighted by molar-refractivity contribution is 6.07. The van der Waals surface area contributed by atoms with Crippen LogP contribution in [0, 0.1) is 0 Å². The summed E-state index contributed by atoms with van der Waals surface area (Å²) >= 11 is 0. The highest BCUT2D eigenvalue weighted by Gasteiger charge is 2.42.